The number of nitriles is 1. The Kier molecular flexibility index (Phi) is 1.76. The van der Waals surface area contributed by atoms with Crippen LogP contribution in [0.4, 0.5) is 5.69 Å². The minimum absolute atomic E-state index is 0.359. The fourth-order valence-electron chi connectivity index (χ4n) is 0.575. The summed E-state index contributed by atoms with van der Waals surface area (Å²) in [6.07, 6.45) is 3.61. The summed E-state index contributed by atoms with van der Waals surface area (Å²) in [6, 6.07) is 3.85. The van der Waals surface area contributed by atoms with Crippen molar-refractivity contribution in [2.75, 3.05) is 11.9 Å². The van der Waals surface area contributed by atoms with Gasteiger partial charge in [-0.15, -0.1) is 0 Å². The summed E-state index contributed by atoms with van der Waals surface area (Å²) in [5.74, 6) is 0. The lowest BCUT2D eigenvalue weighted by atomic mass is 10.5. The van der Waals surface area contributed by atoms with Gasteiger partial charge in [0.05, 0.1) is 11.8 Å². The number of hydrogen-bond donors (Lipinski definition) is 2. The van der Waals surface area contributed by atoms with Gasteiger partial charge in [0, 0.05) is 12.4 Å². The monoisotopic (exact) mass is 121 g/mol. The Morgan fingerprint density at radius 1 is 1.78 bits per heavy atom. The summed E-state index contributed by atoms with van der Waals surface area (Å²) in [5, 5.41) is 11.0. The van der Waals surface area contributed by atoms with Gasteiger partial charge in [0.25, 0.3) is 0 Å². The van der Waals surface area contributed by atoms with Crippen molar-refractivity contribution in [2.24, 2.45) is 0 Å². The molecule has 0 aliphatic heterocycles. The second-order valence-corrected chi connectivity index (χ2v) is 1.61. The molecule has 46 valence electrons. The van der Waals surface area contributed by atoms with Crippen molar-refractivity contribution < 1.29 is 0 Å². The van der Waals surface area contributed by atoms with Crippen molar-refractivity contribution in [1.29, 1.82) is 5.26 Å². The molecule has 0 atom stereocenters. The van der Waals surface area contributed by atoms with Crippen LogP contribution in [-0.2, 0) is 0 Å². The van der Waals surface area contributed by atoms with Crippen LogP contribution in [0.2, 0.25) is 0 Å². The van der Waals surface area contributed by atoms with E-state index in [9.17, 15) is 0 Å². The van der Waals surface area contributed by atoms with Gasteiger partial charge in [0.1, 0.15) is 6.54 Å². The van der Waals surface area contributed by atoms with E-state index < -0.39 is 0 Å². The highest BCUT2D eigenvalue weighted by Crippen LogP contribution is 2.01. The third-order valence-corrected chi connectivity index (χ3v) is 0.970. The van der Waals surface area contributed by atoms with E-state index in [4.69, 9.17) is 5.26 Å². The van der Waals surface area contributed by atoms with Crippen LogP contribution in [0, 0.1) is 11.3 Å². The molecule has 0 unspecified atom stereocenters. The van der Waals surface area contributed by atoms with Crippen LogP contribution in [0.3, 0.4) is 0 Å². The molecule has 0 aliphatic carbocycles. The van der Waals surface area contributed by atoms with Crippen LogP contribution < -0.4 is 5.32 Å². The Hall–Kier alpha value is -1.43. The van der Waals surface area contributed by atoms with E-state index in [1.807, 2.05) is 12.1 Å². The van der Waals surface area contributed by atoms with Gasteiger partial charge in [-0.3, -0.25) is 0 Å². The van der Waals surface area contributed by atoms with Gasteiger partial charge in [0.15, 0.2) is 0 Å². The molecule has 0 bridgehead atoms. The largest absolute Gasteiger partial charge is 0.371 e. The smallest absolute Gasteiger partial charge is 0.103 e. The summed E-state index contributed by atoms with van der Waals surface area (Å²) in [4.78, 5) is 2.87. The predicted molar refractivity (Wildman–Crippen MR) is 34.9 cm³/mol. The van der Waals surface area contributed by atoms with Gasteiger partial charge in [-0.2, -0.15) is 5.26 Å². The zero-order valence-electron chi connectivity index (χ0n) is 4.89. The summed E-state index contributed by atoms with van der Waals surface area (Å²) < 4.78 is 0. The topological polar surface area (TPSA) is 51.6 Å². The number of hydrogen-bond acceptors (Lipinski definition) is 2. The van der Waals surface area contributed by atoms with Crippen molar-refractivity contribution in [1.82, 2.24) is 4.98 Å². The first-order chi connectivity index (χ1) is 4.43. The molecule has 0 spiro atoms. The maximum atomic E-state index is 8.14. The van der Waals surface area contributed by atoms with Gasteiger partial charge >= 0.3 is 0 Å². The van der Waals surface area contributed by atoms with E-state index in [2.05, 4.69) is 10.3 Å². The Balaban J connectivity index is 2.41. The van der Waals surface area contributed by atoms with Crippen LogP contribution in [-0.4, -0.2) is 11.5 Å². The number of H-pyrrole nitrogens is 1. The fourth-order valence-corrected chi connectivity index (χ4v) is 0.575. The minimum atomic E-state index is 0.359. The fraction of sp³-hybridized carbons (Fsp3) is 0.167. The zero-order valence-corrected chi connectivity index (χ0v) is 4.89. The summed E-state index contributed by atoms with van der Waals surface area (Å²) in [6.45, 7) is 0.359. The van der Waals surface area contributed by atoms with Crippen LogP contribution in [0.5, 0.6) is 0 Å². The molecule has 1 aromatic rings. The Morgan fingerprint density at radius 3 is 3.22 bits per heavy atom. The first kappa shape index (κ1) is 5.70. The predicted octanol–water partition coefficient (Wildman–Crippen LogP) is 0.950. The highest BCUT2D eigenvalue weighted by molar-refractivity contribution is 5.40. The average molecular weight is 121 g/mol. The molecule has 1 rings (SSSR count). The van der Waals surface area contributed by atoms with Gasteiger partial charge in [-0.1, -0.05) is 0 Å². The van der Waals surface area contributed by atoms with Crippen molar-refractivity contribution in [3.05, 3.63) is 18.5 Å². The normalized spacial score (nSPS) is 8.33. The molecule has 0 radical (unpaired) electrons. The number of anilines is 1. The van der Waals surface area contributed by atoms with E-state index in [0.29, 0.717) is 6.54 Å². The lowest BCUT2D eigenvalue weighted by Crippen LogP contribution is -1.95. The van der Waals surface area contributed by atoms with E-state index in [1.54, 1.807) is 12.4 Å². The lowest BCUT2D eigenvalue weighted by molar-refractivity contribution is 1.32. The molecule has 0 fully saturated rings. The summed E-state index contributed by atoms with van der Waals surface area (Å²) >= 11 is 0. The first-order valence-corrected chi connectivity index (χ1v) is 2.67. The van der Waals surface area contributed by atoms with Gasteiger partial charge in [-0.25, -0.2) is 0 Å². The maximum absolute atomic E-state index is 8.14. The summed E-state index contributed by atoms with van der Waals surface area (Å²) in [5.41, 5.74) is 0.955. The molecular formula is C6H7N3. The number of nitrogens with zero attached hydrogens (tertiary/aromatic N) is 1. The number of nitrogens with one attached hydrogen (secondary N) is 2. The molecule has 3 nitrogen and oxygen atoms in total. The van der Waals surface area contributed by atoms with Gasteiger partial charge in [-0.05, 0) is 6.07 Å². The third kappa shape index (κ3) is 1.50. The third-order valence-electron chi connectivity index (χ3n) is 0.970. The molecule has 0 aromatic carbocycles. The minimum Gasteiger partial charge on any atom is -0.371 e. The molecule has 0 saturated heterocycles. The second-order valence-electron chi connectivity index (χ2n) is 1.61. The van der Waals surface area contributed by atoms with E-state index in [-0.39, 0.29) is 0 Å². The number of aromatic amines is 1. The molecule has 0 amide bonds. The molecule has 9 heavy (non-hydrogen) atoms. The highest BCUT2D eigenvalue weighted by Gasteiger charge is 1.85. The molecule has 0 aliphatic rings. The Labute approximate surface area is 53.3 Å². The second kappa shape index (κ2) is 2.78. The summed E-state index contributed by atoms with van der Waals surface area (Å²) in [7, 11) is 0. The van der Waals surface area contributed by atoms with Crippen molar-refractivity contribution >= 4 is 5.69 Å². The van der Waals surface area contributed by atoms with E-state index in [0.717, 1.165) is 5.69 Å². The quantitative estimate of drug-likeness (QED) is 0.572. The highest BCUT2D eigenvalue weighted by atomic mass is 14.9. The standard InChI is InChI=1S/C6H7N3/c7-2-4-9-6-1-3-8-5-6/h1,3,5,8-9H,4H2. The Morgan fingerprint density at radius 2 is 2.67 bits per heavy atom. The molecule has 0 saturated carbocycles. The zero-order chi connectivity index (χ0) is 6.53. The van der Waals surface area contributed by atoms with Crippen LogP contribution >= 0.6 is 0 Å². The van der Waals surface area contributed by atoms with Gasteiger partial charge < -0.3 is 10.3 Å². The van der Waals surface area contributed by atoms with Crippen LogP contribution in [0.25, 0.3) is 0 Å². The van der Waals surface area contributed by atoms with E-state index >= 15 is 0 Å². The molecule has 1 aromatic heterocycles. The van der Waals surface area contributed by atoms with Crippen molar-refractivity contribution in [3.8, 4) is 6.07 Å². The SMILES string of the molecule is N#CCNc1cc[nH]c1. The van der Waals surface area contributed by atoms with Crippen LogP contribution in [0.1, 0.15) is 0 Å². The molecule has 3 heteroatoms. The lowest BCUT2D eigenvalue weighted by Gasteiger charge is -1.91. The maximum Gasteiger partial charge on any atom is 0.103 e. The van der Waals surface area contributed by atoms with Crippen molar-refractivity contribution in [3.63, 3.8) is 0 Å². The Bertz CT molecular complexity index is 195. The number of aromatic nitrogens is 1. The molecule has 2 N–H and O–H groups in total. The van der Waals surface area contributed by atoms with Gasteiger partial charge in [0.2, 0.25) is 0 Å². The number of rotatable bonds is 2. The van der Waals surface area contributed by atoms with Crippen LogP contribution in [0.15, 0.2) is 18.5 Å². The molecule has 1 heterocycles. The first-order valence-electron chi connectivity index (χ1n) is 2.67. The average Bonchev–Trinajstić information content (AvgIpc) is 2.34. The van der Waals surface area contributed by atoms with E-state index in [1.165, 1.54) is 0 Å². The van der Waals surface area contributed by atoms with Crippen molar-refractivity contribution in [2.45, 2.75) is 0 Å². The molecular weight excluding hydrogens is 114 g/mol.